The zero-order valence-electron chi connectivity index (χ0n) is 27.6. The van der Waals surface area contributed by atoms with Gasteiger partial charge in [-0.1, -0.05) is 67.9 Å². The van der Waals surface area contributed by atoms with Crippen molar-refractivity contribution in [1.29, 1.82) is 0 Å². The third-order valence-corrected chi connectivity index (χ3v) is 10.4. The van der Waals surface area contributed by atoms with E-state index in [1.807, 2.05) is 57.4 Å². The second-order valence-electron chi connectivity index (χ2n) is 11.6. The van der Waals surface area contributed by atoms with E-state index in [9.17, 15) is 18.0 Å². The van der Waals surface area contributed by atoms with Gasteiger partial charge in [0.25, 0.3) is 10.0 Å². The van der Waals surface area contributed by atoms with Crippen molar-refractivity contribution < 1.29 is 22.7 Å². The summed E-state index contributed by atoms with van der Waals surface area (Å²) in [6.45, 7) is 6.23. The molecule has 48 heavy (non-hydrogen) atoms. The van der Waals surface area contributed by atoms with Crippen LogP contribution < -0.4 is 14.4 Å². The molecule has 4 rings (SSSR count). The minimum absolute atomic E-state index is 0.0433. The molecule has 0 radical (unpaired) electrons. The van der Waals surface area contributed by atoms with Crippen molar-refractivity contribution in [2.75, 3.05) is 30.3 Å². The Morgan fingerprint density at radius 3 is 2.10 bits per heavy atom. The van der Waals surface area contributed by atoms with Crippen molar-refractivity contribution in [3.63, 3.8) is 0 Å². The van der Waals surface area contributed by atoms with Gasteiger partial charge >= 0.3 is 0 Å². The van der Waals surface area contributed by atoms with Crippen LogP contribution in [-0.4, -0.2) is 57.1 Å². The average Bonchev–Trinajstić information content (AvgIpc) is 3.09. The second-order valence-corrected chi connectivity index (χ2v) is 14.8. The molecular formula is C37H42ClN3O5S2. The van der Waals surface area contributed by atoms with Crippen molar-refractivity contribution in [2.45, 2.75) is 49.6 Å². The van der Waals surface area contributed by atoms with Crippen molar-refractivity contribution in [1.82, 2.24) is 10.2 Å². The highest BCUT2D eigenvalue weighted by atomic mass is 35.5. The number of ether oxygens (including phenoxy) is 1. The van der Waals surface area contributed by atoms with Crippen LogP contribution >= 0.6 is 23.4 Å². The molecule has 4 aromatic carbocycles. The quantitative estimate of drug-likeness (QED) is 0.125. The van der Waals surface area contributed by atoms with Gasteiger partial charge in [0.15, 0.2) is 0 Å². The molecule has 0 aliphatic carbocycles. The number of carbonyl (C=O) groups excluding carboxylic acids is 2. The monoisotopic (exact) mass is 707 g/mol. The largest absolute Gasteiger partial charge is 0.494 e. The number of hydrogen-bond acceptors (Lipinski definition) is 6. The number of rotatable bonds is 16. The molecule has 0 saturated heterocycles. The first-order valence-electron chi connectivity index (χ1n) is 15.8. The standard InChI is InChI=1S/C37H42ClN3O5S2/c1-5-46-32-17-15-31(16-18-32)41(48(44,45)34-21-19-33(47-4)20-22-34)26-36(42)40(25-29-11-13-30(38)14-12-29)35(37(43)39-24-27(2)3)23-28-9-7-6-8-10-28/h6-22,27,35H,5,23-26H2,1-4H3,(H,39,43)/t35-/m1/s1. The number of sulfonamides is 1. The number of nitrogens with zero attached hydrogens (tertiary/aromatic N) is 2. The third kappa shape index (κ3) is 10.0. The van der Waals surface area contributed by atoms with Crippen molar-refractivity contribution in [2.24, 2.45) is 5.92 Å². The lowest BCUT2D eigenvalue weighted by Gasteiger charge is -2.34. The highest BCUT2D eigenvalue weighted by molar-refractivity contribution is 7.98. The number of nitrogens with one attached hydrogen (secondary N) is 1. The van der Waals surface area contributed by atoms with Crippen molar-refractivity contribution in [3.05, 3.63) is 119 Å². The maximum absolute atomic E-state index is 14.6. The van der Waals surface area contributed by atoms with Gasteiger partial charge in [0.1, 0.15) is 18.3 Å². The summed E-state index contributed by atoms with van der Waals surface area (Å²) in [5.41, 5.74) is 1.89. The predicted octanol–water partition coefficient (Wildman–Crippen LogP) is 7.07. The van der Waals surface area contributed by atoms with E-state index < -0.39 is 28.5 Å². The van der Waals surface area contributed by atoms with Crippen molar-refractivity contribution in [3.8, 4) is 5.75 Å². The first-order chi connectivity index (χ1) is 23.0. The van der Waals surface area contributed by atoms with Gasteiger partial charge in [-0.2, -0.15) is 0 Å². The number of halogens is 1. The normalized spacial score (nSPS) is 12.0. The number of hydrogen-bond donors (Lipinski definition) is 1. The Morgan fingerprint density at radius 1 is 0.875 bits per heavy atom. The van der Waals surface area contributed by atoms with E-state index in [0.717, 1.165) is 20.3 Å². The fraction of sp³-hybridized carbons (Fsp3) is 0.297. The lowest BCUT2D eigenvalue weighted by molar-refractivity contribution is -0.140. The highest BCUT2D eigenvalue weighted by Crippen LogP contribution is 2.28. The molecule has 0 spiro atoms. The van der Waals surface area contributed by atoms with Crippen molar-refractivity contribution >= 4 is 50.9 Å². The molecule has 1 N–H and O–H groups in total. The van der Waals surface area contributed by atoms with Gasteiger partial charge in [0.2, 0.25) is 11.8 Å². The van der Waals surface area contributed by atoms with Gasteiger partial charge in [-0.15, -0.1) is 11.8 Å². The van der Waals surface area contributed by atoms with Crippen LogP contribution in [-0.2, 0) is 32.6 Å². The Kier molecular flexibility index (Phi) is 13.4. The molecule has 0 aliphatic heterocycles. The summed E-state index contributed by atoms with van der Waals surface area (Å²) < 4.78 is 35.3. The van der Waals surface area contributed by atoms with E-state index in [1.54, 1.807) is 60.7 Å². The fourth-order valence-corrected chi connectivity index (χ4v) is 6.99. The molecule has 2 amide bonds. The van der Waals surface area contributed by atoms with Gasteiger partial charge < -0.3 is 15.0 Å². The summed E-state index contributed by atoms with van der Waals surface area (Å²) in [6.07, 6.45) is 2.14. The van der Waals surface area contributed by atoms with Crippen LogP contribution in [0.3, 0.4) is 0 Å². The average molecular weight is 708 g/mol. The van der Waals surface area contributed by atoms with E-state index in [0.29, 0.717) is 23.9 Å². The van der Waals surface area contributed by atoms with E-state index in [-0.39, 0.29) is 35.4 Å². The summed E-state index contributed by atoms with van der Waals surface area (Å²) in [7, 11) is -4.22. The van der Waals surface area contributed by atoms with Crippen LogP contribution in [0.4, 0.5) is 5.69 Å². The third-order valence-electron chi connectivity index (χ3n) is 7.58. The van der Waals surface area contributed by atoms with Gasteiger partial charge in [-0.05, 0) is 90.9 Å². The Morgan fingerprint density at radius 2 is 1.52 bits per heavy atom. The maximum atomic E-state index is 14.6. The number of benzene rings is 4. The minimum atomic E-state index is -4.22. The van der Waals surface area contributed by atoms with Gasteiger partial charge in [-0.25, -0.2) is 8.42 Å². The maximum Gasteiger partial charge on any atom is 0.264 e. The molecule has 1 atom stereocenters. The van der Waals surface area contributed by atoms with Crippen LogP contribution in [0.2, 0.25) is 5.02 Å². The number of amides is 2. The summed E-state index contributed by atoms with van der Waals surface area (Å²) in [6, 6.07) is 28.7. The molecule has 8 nitrogen and oxygen atoms in total. The first kappa shape index (κ1) is 36.8. The number of thioether (sulfide) groups is 1. The number of carbonyl (C=O) groups is 2. The summed E-state index contributed by atoms with van der Waals surface area (Å²) in [5, 5.41) is 3.54. The van der Waals surface area contributed by atoms with Crippen LogP contribution in [0, 0.1) is 5.92 Å². The first-order valence-corrected chi connectivity index (χ1v) is 18.8. The van der Waals surface area contributed by atoms with Crippen LogP contribution in [0.25, 0.3) is 0 Å². The predicted molar refractivity (Wildman–Crippen MR) is 194 cm³/mol. The SMILES string of the molecule is CCOc1ccc(N(CC(=O)N(Cc2ccc(Cl)cc2)[C@H](Cc2ccccc2)C(=O)NCC(C)C)S(=O)(=O)c2ccc(SC)cc2)cc1. The zero-order chi connectivity index (χ0) is 34.7. The molecule has 11 heteroatoms. The Balaban J connectivity index is 1.79. The highest BCUT2D eigenvalue weighted by Gasteiger charge is 2.34. The molecule has 0 fully saturated rings. The smallest absolute Gasteiger partial charge is 0.264 e. The Bertz CT molecular complexity index is 1730. The Hall–Kier alpha value is -3.99. The topological polar surface area (TPSA) is 96.0 Å². The van der Waals surface area contributed by atoms with Crippen LogP contribution in [0.5, 0.6) is 5.75 Å². The molecule has 0 heterocycles. The summed E-state index contributed by atoms with van der Waals surface area (Å²) in [5.74, 6) is -0.102. The van der Waals surface area contributed by atoms with E-state index >= 15 is 0 Å². The molecule has 0 bridgehead atoms. The van der Waals surface area contributed by atoms with Crippen LogP contribution in [0.1, 0.15) is 31.9 Å². The van der Waals surface area contributed by atoms with E-state index in [1.165, 1.54) is 28.8 Å². The van der Waals surface area contributed by atoms with Gasteiger partial charge in [0.05, 0.1) is 17.2 Å². The molecule has 4 aromatic rings. The summed E-state index contributed by atoms with van der Waals surface area (Å²) >= 11 is 7.67. The van der Waals surface area contributed by atoms with Gasteiger partial charge in [-0.3, -0.25) is 13.9 Å². The van der Waals surface area contributed by atoms with Gasteiger partial charge in [0, 0.05) is 29.4 Å². The van der Waals surface area contributed by atoms with E-state index in [2.05, 4.69) is 5.32 Å². The molecular weight excluding hydrogens is 666 g/mol. The molecule has 0 aliphatic rings. The fourth-order valence-electron chi connectivity index (χ4n) is 5.04. The van der Waals surface area contributed by atoms with E-state index in [4.69, 9.17) is 16.3 Å². The molecule has 254 valence electrons. The molecule has 0 saturated carbocycles. The second kappa shape index (κ2) is 17.4. The molecule has 0 aromatic heterocycles. The minimum Gasteiger partial charge on any atom is -0.494 e. The summed E-state index contributed by atoms with van der Waals surface area (Å²) in [4.78, 5) is 30.9. The molecule has 0 unspecified atom stereocenters. The lowest BCUT2D eigenvalue weighted by Crippen LogP contribution is -2.53. The Labute approximate surface area is 293 Å². The number of anilines is 1. The van der Waals surface area contributed by atoms with Crippen LogP contribution in [0.15, 0.2) is 113 Å². The lowest BCUT2D eigenvalue weighted by atomic mass is 10.0. The zero-order valence-corrected chi connectivity index (χ0v) is 30.0.